The van der Waals surface area contributed by atoms with Crippen molar-refractivity contribution >= 4 is 37.5 Å². The fourth-order valence-corrected chi connectivity index (χ4v) is 5.94. The molecular formula is C19H28BrN3O3S. The Morgan fingerprint density at radius 2 is 1.85 bits per heavy atom. The molecule has 2 aliphatic rings. The molecule has 0 aromatic heterocycles. The molecule has 2 heterocycles. The number of nitrogens with one attached hydrogen (secondary N) is 1. The summed E-state index contributed by atoms with van der Waals surface area (Å²) in [5, 5.41) is 0. The van der Waals surface area contributed by atoms with Crippen LogP contribution in [0.5, 0.6) is 0 Å². The Balaban J connectivity index is 1.67. The monoisotopic (exact) mass is 457 g/mol. The number of halogens is 1. The number of benzene rings is 1. The van der Waals surface area contributed by atoms with Crippen LogP contribution in [0.15, 0.2) is 21.5 Å². The number of hydrogen-bond acceptors (Lipinski definition) is 4. The lowest BCUT2D eigenvalue weighted by atomic mass is 10.2. The highest BCUT2D eigenvalue weighted by molar-refractivity contribution is 9.10. The van der Waals surface area contributed by atoms with E-state index in [1.807, 2.05) is 6.07 Å². The van der Waals surface area contributed by atoms with Crippen molar-refractivity contribution in [3.8, 4) is 0 Å². The highest BCUT2D eigenvalue weighted by Crippen LogP contribution is 2.37. The van der Waals surface area contributed by atoms with E-state index in [4.69, 9.17) is 0 Å². The van der Waals surface area contributed by atoms with Gasteiger partial charge in [0, 0.05) is 24.5 Å². The fourth-order valence-electron chi connectivity index (χ4n) is 3.94. The highest BCUT2D eigenvalue weighted by atomic mass is 79.9. The van der Waals surface area contributed by atoms with Gasteiger partial charge in [-0.1, -0.05) is 28.8 Å². The molecule has 150 valence electrons. The van der Waals surface area contributed by atoms with Crippen LogP contribution in [0, 0.1) is 0 Å². The SMILES string of the molecule is CC(=O)N1CCc2cc(Br)cc(S(=O)(=O)NCCCN3CCCCCC3)c21. The number of likely N-dealkylation sites (tertiary alicyclic amines) is 1. The molecule has 1 aromatic carbocycles. The normalized spacial score (nSPS) is 18.4. The summed E-state index contributed by atoms with van der Waals surface area (Å²) in [5.41, 5.74) is 1.43. The predicted octanol–water partition coefficient (Wildman–Crippen LogP) is 2.90. The number of rotatable bonds is 6. The molecular weight excluding hydrogens is 430 g/mol. The van der Waals surface area contributed by atoms with Crippen LogP contribution in [-0.4, -0.2) is 51.9 Å². The van der Waals surface area contributed by atoms with E-state index >= 15 is 0 Å². The summed E-state index contributed by atoms with van der Waals surface area (Å²) in [7, 11) is -3.68. The summed E-state index contributed by atoms with van der Waals surface area (Å²) < 4.78 is 29.3. The van der Waals surface area contributed by atoms with E-state index in [0.717, 1.165) is 36.1 Å². The lowest BCUT2D eigenvalue weighted by molar-refractivity contribution is -0.116. The Bertz CT molecular complexity index is 790. The average molecular weight is 458 g/mol. The Hall–Kier alpha value is -0.960. The van der Waals surface area contributed by atoms with E-state index in [0.29, 0.717) is 25.2 Å². The fraction of sp³-hybridized carbons (Fsp3) is 0.632. The van der Waals surface area contributed by atoms with Crippen molar-refractivity contribution in [2.24, 2.45) is 0 Å². The Morgan fingerprint density at radius 1 is 1.15 bits per heavy atom. The van der Waals surface area contributed by atoms with Gasteiger partial charge < -0.3 is 9.80 Å². The lowest BCUT2D eigenvalue weighted by Gasteiger charge is -2.21. The first kappa shape index (κ1) is 20.8. The molecule has 0 saturated carbocycles. The number of fused-ring (bicyclic) bond motifs is 1. The molecule has 0 bridgehead atoms. The van der Waals surface area contributed by atoms with Gasteiger partial charge >= 0.3 is 0 Å². The summed E-state index contributed by atoms with van der Waals surface area (Å²) in [6, 6.07) is 3.49. The van der Waals surface area contributed by atoms with Crippen LogP contribution in [0.4, 0.5) is 5.69 Å². The summed E-state index contributed by atoms with van der Waals surface area (Å²) in [5.74, 6) is -0.131. The molecule has 27 heavy (non-hydrogen) atoms. The first-order chi connectivity index (χ1) is 12.9. The van der Waals surface area contributed by atoms with Crippen LogP contribution in [0.25, 0.3) is 0 Å². The first-order valence-corrected chi connectivity index (χ1v) is 12.0. The third-order valence-corrected chi connectivity index (χ3v) is 7.24. The van der Waals surface area contributed by atoms with Gasteiger partial charge in [0.2, 0.25) is 15.9 Å². The molecule has 2 aliphatic heterocycles. The van der Waals surface area contributed by atoms with E-state index in [2.05, 4.69) is 25.6 Å². The van der Waals surface area contributed by atoms with E-state index in [-0.39, 0.29) is 10.8 Å². The highest BCUT2D eigenvalue weighted by Gasteiger charge is 2.31. The van der Waals surface area contributed by atoms with E-state index in [9.17, 15) is 13.2 Å². The summed E-state index contributed by atoms with van der Waals surface area (Å²) in [6.07, 6.45) is 6.51. The van der Waals surface area contributed by atoms with Crippen LogP contribution >= 0.6 is 15.9 Å². The van der Waals surface area contributed by atoms with Gasteiger partial charge in [-0.15, -0.1) is 0 Å². The van der Waals surface area contributed by atoms with Crippen molar-refractivity contribution < 1.29 is 13.2 Å². The largest absolute Gasteiger partial charge is 0.311 e. The Labute approximate surface area is 170 Å². The minimum absolute atomic E-state index is 0.131. The number of nitrogens with zero attached hydrogens (tertiary/aromatic N) is 2. The molecule has 6 nitrogen and oxygen atoms in total. The molecule has 3 rings (SSSR count). The molecule has 1 N–H and O–H groups in total. The van der Waals surface area contributed by atoms with Crippen molar-refractivity contribution in [1.82, 2.24) is 9.62 Å². The number of carbonyl (C=O) groups is 1. The Morgan fingerprint density at radius 3 is 2.52 bits per heavy atom. The molecule has 0 aliphatic carbocycles. The quantitative estimate of drug-likeness (QED) is 0.666. The van der Waals surface area contributed by atoms with Gasteiger partial charge in [0.1, 0.15) is 4.90 Å². The summed E-state index contributed by atoms with van der Waals surface area (Å²) >= 11 is 3.40. The zero-order valence-electron chi connectivity index (χ0n) is 15.8. The van der Waals surface area contributed by atoms with E-state index < -0.39 is 10.0 Å². The van der Waals surface area contributed by atoms with E-state index in [1.54, 1.807) is 11.0 Å². The van der Waals surface area contributed by atoms with Gasteiger partial charge in [-0.2, -0.15) is 0 Å². The lowest BCUT2D eigenvalue weighted by Crippen LogP contribution is -2.32. The minimum Gasteiger partial charge on any atom is -0.311 e. The third-order valence-electron chi connectivity index (χ3n) is 5.30. The van der Waals surface area contributed by atoms with Crippen LogP contribution in [0.3, 0.4) is 0 Å². The number of carbonyl (C=O) groups excluding carboxylic acids is 1. The van der Waals surface area contributed by atoms with Crippen LogP contribution < -0.4 is 9.62 Å². The van der Waals surface area contributed by atoms with Gasteiger partial charge in [-0.05, 0) is 63.0 Å². The number of amides is 1. The zero-order valence-corrected chi connectivity index (χ0v) is 18.2. The van der Waals surface area contributed by atoms with Crippen molar-refractivity contribution in [3.05, 3.63) is 22.2 Å². The van der Waals surface area contributed by atoms with Crippen molar-refractivity contribution in [2.75, 3.05) is 37.6 Å². The van der Waals surface area contributed by atoms with Gasteiger partial charge in [0.25, 0.3) is 0 Å². The predicted molar refractivity (Wildman–Crippen MR) is 111 cm³/mol. The van der Waals surface area contributed by atoms with Gasteiger partial charge in [-0.3, -0.25) is 4.79 Å². The second kappa shape index (κ2) is 9.03. The summed E-state index contributed by atoms with van der Waals surface area (Å²) in [6.45, 7) is 5.54. The molecule has 8 heteroatoms. The van der Waals surface area contributed by atoms with Crippen LogP contribution in [0.1, 0.15) is 44.6 Å². The molecule has 1 aromatic rings. The Kier molecular flexibility index (Phi) is 6.94. The average Bonchev–Trinajstić information content (AvgIpc) is 2.86. The standard InChI is InChI=1S/C19H28BrN3O3S/c1-15(24)23-12-7-16-13-17(20)14-18(19(16)23)27(25,26)21-8-6-11-22-9-4-2-3-5-10-22/h13-14,21H,2-12H2,1H3. The van der Waals surface area contributed by atoms with Crippen molar-refractivity contribution in [1.29, 1.82) is 0 Å². The molecule has 1 saturated heterocycles. The molecule has 1 fully saturated rings. The number of sulfonamides is 1. The topological polar surface area (TPSA) is 69.7 Å². The maximum absolute atomic E-state index is 12.9. The summed E-state index contributed by atoms with van der Waals surface area (Å²) in [4.78, 5) is 16.1. The van der Waals surface area contributed by atoms with Gasteiger partial charge in [0.15, 0.2) is 0 Å². The van der Waals surface area contributed by atoms with Crippen LogP contribution in [0.2, 0.25) is 0 Å². The molecule has 0 atom stereocenters. The second-order valence-corrected chi connectivity index (χ2v) is 9.99. The molecule has 0 radical (unpaired) electrons. The number of hydrogen-bond donors (Lipinski definition) is 1. The molecule has 1 amide bonds. The number of anilines is 1. The van der Waals surface area contributed by atoms with Gasteiger partial charge in [0.05, 0.1) is 5.69 Å². The first-order valence-electron chi connectivity index (χ1n) is 9.71. The van der Waals surface area contributed by atoms with Crippen molar-refractivity contribution in [2.45, 2.75) is 50.3 Å². The zero-order chi connectivity index (χ0) is 19.4. The molecule has 0 spiro atoms. The minimum atomic E-state index is -3.68. The van der Waals surface area contributed by atoms with Crippen molar-refractivity contribution in [3.63, 3.8) is 0 Å². The third kappa shape index (κ3) is 5.10. The smallest absolute Gasteiger partial charge is 0.242 e. The van der Waals surface area contributed by atoms with Gasteiger partial charge in [-0.25, -0.2) is 13.1 Å². The molecule has 0 unspecified atom stereocenters. The maximum atomic E-state index is 12.9. The second-order valence-electron chi connectivity index (χ2n) is 7.34. The maximum Gasteiger partial charge on any atom is 0.242 e. The van der Waals surface area contributed by atoms with E-state index in [1.165, 1.54) is 32.6 Å². The van der Waals surface area contributed by atoms with Crippen LogP contribution in [-0.2, 0) is 21.2 Å².